The quantitative estimate of drug-likeness (QED) is 0.630. The summed E-state index contributed by atoms with van der Waals surface area (Å²) in [5, 5.41) is 10.6. The molecule has 5 nitrogen and oxygen atoms in total. The van der Waals surface area contributed by atoms with Crippen molar-refractivity contribution in [3.63, 3.8) is 0 Å². The lowest BCUT2D eigenvalue weighted by molar-refractivity contribution is -0.115. The number of thioether (sulfide) groups is 1. The van der Waals surface area contributed by atoms with E-state index in [1.54, 1.807) is 36.7 Å². The molecular formula is C18H15ClF2N4OS. The number of halogens is 3. The van der Waals surface area contributed by atoms with Gasteiger partial charge >= 0.3 is 0 Å². The highest BCUT2D eigenvalue weighted by atomic mass is 35.5. The Labute approximate surface area is 163 Å². The largest absolute Gasteiger partial charge is 0.325 e. The summed E-state index contributed by atoms with van der Waals surface area (Å²) in [6.07, 6.45) is 0. The number of carbonyl (C=O) groups is 1. The Morgan fingerprint density at radius 1 is 1.19 bits per heavy atom. The van der Waals surface area contributed by atoms with Crippen LogP contribution < -0.4 is 5.32 Å². The highest BCUT2D eigenvalue weighted by Gasteiger charge is 2.20. The molecule has 0 bridgehead atoms. The second-order valence-electron chi connectivity index (χ2n) is 5.72. The number of benzene rings is 2. The third-order valence-electron chi connectivity index (χ3n) is 3.79. The van der Waals surface area contributed by atoms with Gasteiger partial charge in [-0.15, -0.1) is 10.2 Å². The van der Waals surface area contributed by atoms with Crippen LogP contribution in [0.15, 0.2) is 47.6 Å². The van der Waals surface area contributed by atoms with Gasteiger partial charge in [0.05, 0.1) is 15.8 Å². The Hall–Kier alpha value is -2.45. The molecule has 1 atom stereocenters. The molecule has 1 heterocycles. The highest BCUT2D eigenvalue weighted by Crippen LogP contribution is 2.28. The number of hydrogen-bond acceptors (Lipinski definition) is 4. The van der Waals surface area contributed by atoms with Crippen LogP contribution in [0.5, 0.6) is 0 Å². The van der Waals surface area contributed by atoms with Gasteiger partial charge in [-0.1, -0.05) is 35.5 Å². The van der Waals surface area contributed by atoms with Gasteiger partial charge in [-0.3, -0.25) is 4.79 Å². The van der Waals surface area contributed by atoms with Gasteiger partial charge in [0.15, 0.2) is 11.0 Å². The van der Waals surface area contributed by atoms with Crippen molar-refractivity contribution in [1.29, 1.82) is 0 Å². The third-order valence-corrected chi connectivity index (χ3v) is 5.21. The summed E-state index contributed by atoms with van der Waals surface area (Å²) in [6, 6.07) is 10.2. The minimum absolute atomic E-state index is 0.0732. The molecule has 2 aromatic carbocycles. The molecule has 0 saturated carbocycles. The number of carbonyl (C=O) groups excluding carboxylic acids is 1. The standard InChI is InChI=1S/C18H15ClF2N4OS/c1-10(17(26)22-11-7-8-15(21)13(19)9-11)27-18-24-23-16(25(18)2)12-5-3-4-6-14(12)20/h3-10H,1-2H3,(H,22,26)/t10-/m0/s1. The van der Waals surface area contributed by atoms with Gasteiger partial charge in [0, 0.05) is 12.7 Å². The number of aromatic nitrogens is 3. The zero-order chi connectivity index (χ0) is 19.6. The molecule has 0 aliphatic carbocycles. The van der Waals surface area contributed by atoms with E-state index in [2.05, 4.69) is 15.5 Å². The van der Waals surface area contributed by atoms with Crippen molar-refractivity contribution in [3.05, 3.63) is 59.1 Å². The molecule has 9 heteroatoms. The lowest BCUT2D eigenvalue weighted by Gasteiger charge is -2.12. The van der Waals surface area contributed by atoms with E-state index in [0.29, 0.717) is 22.2 Å². The van der Waals surface area contributed by atoms with E-state index < -0.39 is 16.9 Å². The van der Waals surface area contributed by atoms with Gasteiger partial charge in [0.2, 0.25) is 5.91 Å². The molecule has 27 heavy (non-hydrogen) atoms. The summed E-state index contributed by atoms with van der Waals surface area (Å²) in [6.45, 7) is 1.70. The highest BCUT2D eigenvalue weighted by molar-refractivity contribution is 8.00. The van der Waals surface area contributed by atoms with Crippen molar-refractivity contribution in [2.24, 2.45) is 7.05 Å². The summed E-state index contributed by atoms with van der Waals surface area (Å²) in [5.74, 6) is -0.896. The van der Waals surface area contributed by atoms with Gasteiger partial charge in [0.1, 0.15) is 11.6 Å². The maximum absolute atomic E-state index is 14.0. The smallest absolute Gasteiger partial charge is 0.237 e. The topological polar surface area (TPSA) is 59.8 Å². The van der Waals surface area contributed by atoms with Crippen LogP contribution in [-0.2, 0) is 11.8 Å². The van der Waals surface area contributed by atoms with E-state index in [9.17, 15) is 13.6 Å². The summed E-state index contributed by atoms with van der Waals surface area (Å²) in [7, 11) is 1.70. The molecule has 140 valence electrons. The molecule has 0 aliphatic heterocycles. The Morgan fingerprint density at radius 3 is 2.63 bits per heavy atom. The molecule has 0 saturated heterocycles. The minimum Gasteiger partial charge on any atom is -0.325 e. The zero-order valence-corrected chi connectivity index (χ0v) is 16.0. The maximum Gasteiger partial charge on any atom is 0.237 e. The molecule has 0 spiro atoms. The van der Waals surface area contributed by atoms with Gasteiger partial charge in [-0.2, -0.15) is 0 Å². The van der Waals surface area contributed by atoms with Crippen molar-refractivity contribution in [2.75, 3.05) is 5.32 Å². The van der Waals surface area contributed by atoms with Crippen LogP contribution in [0, 0.1) is 11.6 Å². The van der Waals surface area contributed by atoms with Crippen LogP contribution in [0.2, 0.25) is 5.02 Å². The maximum atomic E-state index is 14.0. The second-order valence-corrected chi connectivity index (χ2v) is 7.44. The first-order valence-electron chi connectivity index (χ1n) is 7.93. The number of rotatable bonds is 5. The average molecular weight is 409 g/mol. The van der Waals surface area contributed by atoms with Gasteiger partial charge in [-0.25, -0.2) is 8.78 Å². The summed E-state index contributed by atoms with van der Waals surface area (Å²) in [4.78, 5) is 12.4. The summed E-state index contributed by atoms with van der Waals surface area (Å²) in [5.41, 5.74) is 0.723. The molecule has 0 radical (unpaired) electrons. The van der Waals surface area contributed by atoms with Crippen molar-refractivity contribution in [2.45, 2.75) is 17.3 Å². The number of hydrogen-bond donors (Lipinski definition) is 1. The van der Waals surface area contributed by atoms with E-state index >= 15 is 0 Å². The van der Waals surface area contributed by atoms with Gasteiger partial charge in [0.25, 0.3) is 0 Å². The fourth-order valence-corrected chi connectivity index (χ4v) is 3.32. The molecule has 1 N–H and O–H groups in total. The first-order chi connectivity index (χ1) is 12.9. The molecule has 0 unspecified atom stereocenters. The molecule has 1 aromatic heterocycles. The van der Waals surface area contributed by atoms with Crippen molar-refractivity contribution >= 4 is 35.0 Å². The lowest BCUT2D eigenvalue weighted by atomic mass is 10.2. The van der Waals surface area contributed by atoms with Crippen LogP contribution in [0.1, 0.15) is 6.92 Å². The van der Waals surface area contributed by atoms with Crippen molar-refractivity contribution in [1.82, 2.24) is 14.8 Å². The van der Waals surface area contributed by atoms with Crippen LogP contribution in [0.3, 0.4) is 0 Å². The van der Waals surface area contributed by atoms with E-state index in [0.717, 1.165) is 0 Å². The van der Waals surface area contributed by atoms with Gasteiger partial charge in [-0.05, 0) is 37.3 Å². The van der Waals surface area contributed by atoms with E-state index in [1.807, 2.05) is 0 Å². The molecule has 3 rings (SSSR count). The Bertz CT molecular complexity index is 995. The molecular weight excluding hydrogens is 394 g/mol. The fraction of sp³-hybridized carbons (Fsp3) is 0.167. The van der Waals surface area contributed by atoms with E-state index in [-0.39, 0.29) is 10.9 Å². The Morgan fingerprint density at radius 2 is 1.93 bits per heavy atom. The Balaban J connectivity index is 1.72. The number of anilines is 1. The van der Waals surface area contributed by atoms with Crippen molar-refractivity contribution < 1.29 is 13.6 Å². The summed E-state index contributed by atoms with van der Waals surface area (Å²) >= 11 is 6.89. The second kappa shape index (κ2) is 8.06. The van der Waals surface area contributed by atoms with E-state index in [4.69, 9.17) is 11.6 Å². The number of nitrogens with one attached hydrogen (secondary N) is 1. The molecule has 0 fully saturated rings. The molecule has 0 aliphatic rings. The van der Waals surface area contributed by atoms with Crippen LogP contribution in [0.4, 0.5) is 14.5 Å². The third kappa shape index (κ3) is 4.28. The predicted octanol–water partition coefficient (Wildman–Crippen LogP) is 4.53. The predicted molar refractivity (Wildman–Crippen MR) is 102 cm³/mol. The fourth-order valence-electron chi connectivity index (χ4n) is 2.32. The number of amides is 1. The summed E-state index contributed by atoms with van der Waals surface area (Å²) < 4.78 is 28.8. The minimum atomic E-state index is -0.558. The monoisotopic (exact) mass is 408 g/mol. The first-order valence-corrected chi connectivity index (χ1v) is 9.19. The zero-order valence-electron chi connectivity index (χ0n) is 14.4. The van der Waals surface area contributed by atoms with E-state index in [1.165, 1.54) is 36.0 Å². The Kier molecular flexibility index (Phi) is 5.76. The van der Waals surface area contributed by atoms with Crippen LogP contribution in [-0.4, -0.2) is 25.9 Å². The van der Waals surface area contributed by atoms with Crippen LogP contribution >= 0.6 is 23.4 Å². The number of nitrogens with zero attached hydrogens (tertiary/aromatic N) is 3. The first kappa shape index (κ1) is 19.3. The van der Waals surface area contributed by atoms with Crippen molar-refractivity contribution in [3.8, 4) is 11.4 Å². The average Bonchev–Trinajstić information content (AvgIpc) is 2.99. The SMILES string of the molecule is C[C@H](Sc1nnc(-c2ccccc2F)n1C)C(=O)Nc1ccc(F)c(Cl)c1. The van der Waals surface area contributed by atoms with Gasteiger partial charge < -0.3 is 9.88 Å². The lowest BCUT2D eigenvalue weighted by Crippen LogP contribution is -2.22. The normalized spacial score (nSPS) is 12.0. The molecule has 3 aromatic rings. The van der Waals surface area contributed by atoms with Crippen LogP contribution in [0.25, 0.3) is 11.4 Å². The molecule has 1 amide bonds.